The minimum absolute atomic E-state index is 0.0300. The molecule has 3 rings (SSSR count). The lowest BCUT2D eigenvalue weighted by Crippen LogP contribution is -2.46. The molecule has 7 nitrogen and oxygen atoms in total. The molecule has 3 N–H and O–H groups in total. The van der Waals surface area contributed by atoms with Crippen molar-refractivity contribution in [3.63, 3.8) is 0 Å². The number of carbonyl (C=O) groups is 2. The Labute approximate surface area is 159 Å². The highest BCUT2D eigenvalue weighted by Gasteiger charge is 2.14. The van der Waals surface area contributed by atoms with Gasteiger partial charge in [0.1, 0.15) is 5.75 Å². The summed E-state index contributed by atoms with van der Waals surface area (Å²) in [5.41, 5.74) is 6.23. The van der Waals surface area contributed by atoms with Crippen molar-refractivity contribution in [3.8, 4) is 5.75 Å². The minimum Gasteiger partial charge on any atom is -0.434 e. The van der Waals surface area contributed by atoms with Crippen LogP contribution in [0.5, 0.6) is 5.75 Å². The average Bonchev–Trinajstić information content (AvgIpc) is 3.02. The van der Waals surface area contributed by atoms with Crippen molar-refractivity contribution >= 4 is 22.8 Å². The third-order valence-corrected chi connectivity index (χ3v) is 4.06. The average molecular weight is 388 g/mol. The molecule has 3 aromatic rings. The van der Waals surface area contributed by atoms with Gasteiger partial charge in [-0.1, -0.05) is 36.4 Å². The summed E-state index contributed by atoms with van der Waals surface area (Å²) in [5, 5.41) is 3.22. The van der Waals surface area contributed by atoms with Crippen molar-refractivity contribution in [2.75, 3.05) is 0 Å². The van der Waals surface area contributed by atoms with Crippen molar-refractivity contribution in [2.45, 2.75) is 13.2 Å². The summed E-state index contributed by atoms with van der Waals surface area (Å²) in [4.78, 5) is 24.3. The van der Waals surface area contributed by atoms with Crippen molar-refractivity contribution in [1.82, 2.24) is 20.7 Å². The zero-order valence-electron chi connectivity index (χ0n) is 14.9. The predicted octanol–water partition coefficient (Wildman–Crippen LogP) is 2.92. The summed E-state index contributed by atoms with van der Waals surface area (Å²) in [6.07, 6.45) is 1.66. The SMILES string of the molecule is Cn1cc(C(=O)NNC(=O)NCc2ccccc2OC(F)F)c2ccccc21. The van der Waals surface area contributed by atoms with Crippen molar-refractivity contribution < 1.29 is 23.1 Å². The number of fused-ring (bicyclic) bond motifs is 1. The maximum absolute atomic E-state index is 12.4. The Balaban J connectivity index is 1.57. The van der Waals surface area contributed by atoms with E-state index < -0.39 is 18.5 Å². The molecule has 0 spiro atoms. The molecule has 0 saturated carbocycles. The van der Waals surface area contributed by atoms with Crippen LogP contribution in [-0.4, -0.2) is 23.1 Å². The van der Waals surface area contributed by atoms with Gasteiger partial charge in [0.2, 0.25) is 0 Å². The van der Waals surface area contributed by atoms with E-state index in [0.29, 0.717) is 11.1 Å². The van der Waals surface area contributed by atoms with E-state index in [2.05, 4.69) is 20.9 Å². The summed E-state index contributed by atoms with van der Waals surface area (Å²) in [7, 11) is 1.82. The molecule has 0 saturated heterocycles. The van der Waals surface area contributed by atoms with Gasteiger partial charge in [-0.05, 0) is 12.1 Å². The molecule has 146 valence electrons. The normalized spacial score (nSPS) is 10.7. The summed E-state index contributed by atoms with van der Waals surface area (Å²) >= 11 is 0. The minimum atomic E-state index is -2.96. The van der Waals surface area contributed by atoms with Gasteiger partial charge in [0.05, 0.1) is 5.56 Å². The number of benzene rings is 2. The maximum Gasteiger partial charge on any atom is 0.387 e. The summed E-state index contributed by atoms with van der Waals surface area (Å²) in [6.45, 7) is -3.02. The largest absolute Gasteiger partial charge is 0.434 e. The molecule has 2 aromatic carbocycles. The molecule has 0 radical (unpaired) electrons. The Morgan fingerprint density at radius 3 is 2.57 bits per heavy atom. The van der Waals surface area contributed by atoms with Gasteiger partial charge in [-0.25, -0.2) is 10.2 Å². The first-order valence-corrected chi connectivity index (χ1v) is 8.36. The van der Waals surface area contributed by atoms with Crippen LogP contribution in [0.15, 0.2) is 54.7 Å². The van der Waals surface area contributed by atoms with Gasteiger partial charge in [-0.15, -0.1) is 0 Å². The Bertz CT molecular complexity index is 1000. The van der Waals surface area contributed by atoms with E-state index in [1.54, 1.807) is 24.4 Å². The van der Waals surface area contributed by atoms with E-state index in [0.717, 1.165) is 10.9 Å². The van der Waals surface area contributed by atoms with Crippen LogP contribution in [0.4, 0.5) is 13.6 Å². The number of urea groups is 1. The van der Waals surface area contributed by atoms with Crippen molar-refractivity contribution in [3.05, 3.63) is 65.9 Å². The number of para-hydroxylation sites is 2. The van der Waals surface area contributed by atoms with Crippen LogP contribution in [0.2, 0.25) is 0 Å². The predicted molar refractivity (Wildman–Crippen MR) is 98.8 cm³/mol. The first kappa shape index (κ1) is 19.2. The fourth-order valence-electron chi connectivity index (χ4n) is 2.78. The molecule has 0 aliphatic rings. The molecule has 9 heteroatoms. The van der Waals surface area contributed by atoms with Crippen LogP contribution in [0.3, 0.4) is 0 Å². The molecule has 0 aliphatic heterocycles. The van der Waals surface area contributed by atoms with E-state index in [-0.39, 0.29) is 12.3 Å². The molecule has 0 atom stereocenters. The summed E-state index contributed by atoms with van der Waals surface area (Å²) in [6, 6.07) is 12.8. The molecule has 0 aliphatic carbocycles. The zero-order chi connectivity index (χ0) is 20.1. The number of halogens is 2. The number of nitrogens with one attached hydrogen (secondary N) is 3. The highest BCUT2D eigenvalue weighted by Crippen LogP contribution is 2.20. The topological polar surface area (TPSA) is 84.4 Å². The molecule has 28 heavy (non-hydrogen) atoms. The van der Waals surface area contributed by atoms with Gasteiger partial charge in [0.25, 0.3) is 5.91 Å². The molecular formula is C19H18F2N4O3. The molecule has 0 unspecified atom stereocenters. The molecule has 1 heterocycles. The lowest BCUT2D eigenvalue weighted by molar-refractivity contribution is -0.0504. The third kappa shape index (κ3) is 4.37. The number of ether oxygens (including phenoxy) is 1. The monoisotopic (exact) mass is 388 g/mol. The molecule has 3 amide bonds. The third-order valence-electron chi connectivity index (χ3n) is 4.06. The molecular weight excluding hydrogens is 370 g/mol. The summed E-state index contributed by atoms with van der Waals surface area (Å²) < 4.78 is 31.0. The van der Waals surface area contributed by atoms with Crippen molar-refractivity contribution in [1.29, 1.82) is 0 Å². The van der Waals surface area contributed by atoms with Gasteiger partial charge in [-0.2, -0.15) is 8.78 Å². The Hall–Kier alpha value is -3.62. The highest BCUT2D eigenvalue weighted by atomic mass is 19.3. The Morgan fingerprint density at radius 1 is 1.07 bits per heavy atom. The van der Waals surface area contributed by atoms with Crippen LogP contribution in [0.1, 0.15) is 15.9 Å². The number of aromatic nitrogens is 1. The fraction of sp³-hybridized carbons (Fsp3) is 0.158. The number of amides is 3. The number of rotatable bonds is 5. The van der Waals surface area contributed by atoms with E-state index >= 15 is 0 Å². The number of aryl methyl sites for hydroxylation is 1. The van der Waals surface area contributed by atoms with Crippen LogP contribution >= 0.6 is 0 Å². The van der Waals surface area contributed by atoms with Gasteiger partial charge in [0.15, 0.2) is 0 Å². The zero-order valence-corrected chi connectivity index (χ0v) is 14.9. The number of hydrazine groups is 1. The fourth-order valence-corrected chi connectivity index (χ4v) is 2.78. The van der Waals surface area contributed by atoms with Crippen LogP contribution in [-0.2, 0) is 13.6 Å². The highest BCUT2D eigenvalue weighted by molar-refractivity contribution is 6.07. The van der Waals surface area contributed by atoms with Gasteiger partial charge in [0, 0.05) is 36.3 Å². The number of hydrogen-bond acceptors (Lipinski definition) is 3. The van der Waals surface area contributed by atoms with Gasteiger partial charge < -0.3 is 14.6 Å². The second-order valence-corrected chi connectivity index (χ2v) is 5.92. The second kappa shape index (κ2) is 8.38. The molecule has 0 bridgehead atoms. The summed E-state index contributed by atoms with van der Waals surface area (Å²) in [5.74, 6) is -0.508. The van der Waals surface area contributed by atoms with E-state index in [9.17, 15) is 18.4 Å². The first-order chi connectivity index (χ1) is 13.5. The van der Waals surface area contributed by atoms with Crippen molar-refractivity contribution in [2.24, 2.45) is 7.05 Å². The van der Waals surface area contributed by atoms with E-state index in [1.807, 2.05) is 35.9 Å². The lowest BCUT2D eigenvalue weighted by atomic mass is 10.2. The second-order valence-electron chi connectivity index (χ2n) is 5.92. The standard InChI is InChI=1S/C19H18F2N4O3/c1-25-11-14(13-7-3-4-8-15(13)25)17(26)23-24-19(27)22-10-12-6-2-5-9-16(12)28-18(20)21/h2-9,11,18H,10H2,1H3,(H,23,26)(H2,22,24,27). The number of nitrogens with zero attached hydrogens (tertiary/aromatic N) is 1. The van der Waals surface area contributed by atoms with Gasteiger partial charge in [-0.3, -0.25) is 10.2 Å². The number of carbonyl (C=O) groups excluding carboxylic acids is 2. The first-order valence-electron chi connectivity index (χ1n) is 8.36. The van der Waals surface area contributed by atoms with Crippen LogP contribution in [0, 0.1) is 0 Å². The molecule has 0 fully saturated rings. The quantitative estimate of drug-likeness (QED) is 0.588. The van der Waals surface area contributed by atoms with E-state index in [1.165, 1.54) is 6.07 Å². The van der Waals surface area contributed by atoms with Crippen LogP contribution in [0.25, 0.3) is 10.9 Å². The van der Waals surface area contributed by atoms with Crippen LogP contribution < -0.4 is 20.9 Å². The number of alkyl halides is 2. The Morgan fingerprint density at radius 2 is 1.79 bits per heavy atom. The van der Waals surface area contributed by atoms with Gasteiger partial charge >= 0.3 is 12.6 Å². The lowest BCUT2D eigenvalue weighted by Gasteiger charge is -2.12. The smallest absolute Gasteiger partial charge is 0.387 e. The molecule has 1 aromatic heterocycles. The Kier molecular flexibility index (Phi) is 5.73. The van der Waals surface area contributed by atoms with E-state index in [4.69, 9.17) is 0 Å². The maximum atomic E-state index is 12.4. The number of hydrogen-bond donors (Lipinski definition) is 3.